The summed E-state index contributed by atoms with van der Waals surface area (Å²) in [7, 11) is 0. The Labute approximate surface area is 175 Å². The second kappa shape index (κ2) is 7.90. The van der Waals surface area contributed by atoms with E-state index in [-0.39, 0.29) is 6.10 Å². The molecule has 0 bridgehead atoms. The van der Waals surface area contributed by atoms with Gasteiger partial charge in [0.15, 0.2) is 0 Å². The van der Waals surface area contributed by atoms with Gasteiger partial charge in [0, 0.05) is 0 Å². The van der Waals surface area contributed by atoms with E-state index >= 15 is 0 Å². The van der Waals surface area contributed by atoms with Gasteiger partial charge in [0.1, 0.15) is 0 Å². The first-order valence-corrected chi connectivity index (χ1v) is 12.9. The molecule has 0 aliphatic heterocycles. The van der Waals surface area contributed by atoms with E-state index in [1.807, 2.05) is 0 Å². The second-order valence-electron chi connectivity index (χ2n) is 12.6. The molecule has 0 aromatic carbocycles. The van der Waals surface area contributed by atoms with Crippen molar-refractivity contribution in [1.29, 1.82) is 0 Å². The monoisotopic (exact) mass is 388 g/mol. The highest BCUT2D eigenvalue weighted by Gasteiger charge is 2.60. The summed E-state index contributed by atoms with van der Waals surface area (Å²) < 4.78 is 0. The molecule has 1 heteroatoms. The summed E-state index contributed by atoms with van der Waals surface area (Å²) in [5.74, 6) is 6.49. The molecule has 4 aliphatic rings. The van der Waals surface area contributed by atoms with E-state index in [1.165, 1.54) is 64.2 Å². The zero-order chi connectivity index (χ0) is 20.1. The summed E-state index contributed by atoms with van der Waals surface area (Å²) in [5.41, 5.74) is 1.15. The molecule has 4 saturated carbocycles. The number of aliphatic hydroxyl groups excluding tert-OH is 1. The molecule has 0 aromatic heterocycles. The van der Waals surface area contributed by atoms with Gasteiger partial charge in [-0.25, -0.2) is 0 Å². The van der Waals surface area contributed by atoms with E-state index in [2.05, 4.69) is 34.6 Å². The van der Waals surface area contributed by atoms with Crippen LogP contribution < -0.4 is 0 Å². The minimum atomic E-state index is -0.00830. The molecule has 4 rings (SSSR count). The van der Waals surface area contributed by atoms with Gasteiger partial charge in [0.05, 0.1) is 6.10 Å². The van der Waals surface area contributed by atoms with Crippen LogP contribution in [0.1, 0.15) is 112 Å². The molecule has 28 heavy (non-hydrogen) atoms. The van der Waals surface area contributed by atoms with Crippen LogP contribution in [0.5, 0.6) is 0 Å². The Hall–Kier alpha value is -0.0400. The number of fused-ring (bicyclic) bond motifs is 5. The van der Waals surface area contributed by atoms with Crippen LogP contribution in [0.25, 0.3) is 0 Å². The molecule has 0 amide bonds. The first-order chi connectivity index (χ1) is 13.3. The van der Waals surface area contributed by atoms with Gasteiger partial charge in [-0.15, -0.1) is 0 Å². The van der Waals surface area contributed by atoms with Gasteiger partial charge in [0.2, 0.25) is 0 Å². The maximum absolute atomic E-state index is 10.3. The minimum Gasteiger partial charge on any atom is -0.393 e. The Balaban J connectivity index is 1.46. The standard InChI is InChI=1S/C27H48O/c1-18(2)7-6-8-19(3)23-11-12-24-22-10-9-20-17-21(28)13-15-26(20,4)25(22)14-16-27(23,24)5/h18-25,28H,6-17H2,1-5H3/t19-,20-,21-,22-,23+,24+,25+,26-,27+/m0/s1. The van der Waals surface area contributed by atoms with E-state index in [4.69, 9.17) is 0 Å². The lowest BCUT2D eigenvalue weighted by atomic mass is 9.44. The Bertz CT molecular complexity index is 540. The van der Waals surface area contributed by atoms with Gasteiger partial charge in [-0.3, -0.25) is 0 Å². The fraction of sp³-hybridized carbons (Fsp3) is 1.00. The van der Waals surface area contributed by atoms with E-state index < -0.39 is 0 Å². The third-order valence-corrected chi connectivity index (χ3v) is 10.8. The maximum Gasteiger partial charge on any atom is 0.0543 e. The molecule has 0 spiro atoms. The van der Waals surface area contributed by atoms with Crippen molar-refractivity contribution >= 4 is 0 Å². The highest BCUT2D eigenvalue weighted by atomic mass is 16.3. The second-order valence-corrected chi connectivity index (χ2v) is 12.6. The molecular weight excluding hydrogens is 340 g/mol. The van der Waals surface area contributed by atoms with E-state index in [1.54, 1.807) is 0 Å². The number of rotatable bonds is 5. The molecule has 9 atom stereocenters. The van der Waals surface area contributed by atoms with Gasteiger partial charge in [-0.1, -0.05) is 53.9 Å². The van der Waals surface area contributed by atoms with Crippen LogP contribution >= 0.6 is 0 Å². The fourth-order valence-electron chi connectivity index (χ4n) is 9.26. The molecule has 0 aromatic rings. The lowest BCUT2D eigenvalue weighted by Gasteiger charge is -2.61. The van der Waals surface area contributed by atoms with E-state index in [0.717, 1.165) is 54.3 Å². The summed E-state index contributed by atoms with van der Waals surface area (Å²) in [6.07, 6.45) is 16.6. The van der Waals surface area contributed by atoms with Crippen LogP contribution in [0.15, 0.2) is 0 Å². The molecular formula is C27H48O. The normalized spacial score (nSPS) is 49.4. The molecule has 1 N–H and O–H groups in total. The molecule has 0 saturated heterocycles. The molecule has 0 radical (unpaired) electrons. The van der Waals surface area contributed by atoms with Crippen molar-refractivity contribution in [2.24, 2.45) is 52.3 Å². The predicted octanol–water partition coefficient (Wildman–Crippen LogP) is 7.47. The molecule has 162 valence electrons. The van der Waals surface area contributed by atoms with Crippen LogP contribution in [-0.4, -0.2) is 11.2 Å². The summed E-state index contributed by atoms with van der Waals surface area (Å²) in [5, 5.41) is 10.3. The first-order valence-electron chi connectivity index (χ1n) is 12.9. The zero-order valence-corrected chi connectivity index (χ0v) is 19.6. The van der Waals surface area contributed by atoms with Crippen LogP contribution in [0, 0.1) is 52.3 Å². The van der Waals surface area contributed by atoms with Crippen LogP contribution in [-0.2, 0) is 0 Å². The summed E-state index contributed by atoms with van der Waals surface area (Å²) in [6, 6.07) is 0. The quantitative estimate of drug-likeness (QED) is 0.518. The van der Waals surface area contributed by atoms with E-state index in [0.29, 0.717) is 10.8 Å². The Morgan fingerprint density at radius 2 is 1.54 bits per heavy atom. The van der Waals surface area contributed by atoms with Crippen LogP contribution in [0.4, 0.5) is 0 Å². The average Bonchev–Trinajstić information content (AvgIpc) is 2.99. The van der Waals surface area contributed by atoms with Crippen molar-refractivity contribution in [2.75, 3.05) is 0 Å². The lowest BCUT2D eigenvalue weighted by Crippen LogP contribution is -2.54. The molecule has 0 unspecified atom stereocenters. The summed E-state index contributed by atoms with van der Waals surface area (Å²) in [6.45, 7) is 12.7. The topological polar surface area (TPSA) is 20.2 Å². The zero-order valence-electron chi connectivity index (χ0n) is 19.6. The van der Waals surface area contributed by atoms with Crippen LogP contribution in [0.2, 0.25) is 0 Å². The average molecular weight is 389 g/mol. The van der Waals surface area contributed by atoms with Gasteiger partial charge >= 0.3 is 0 Å². The summed E-state index contributed by atoms with van der Waals surface area (Å²) in [4.78, 5) is 0. The molecule has 4 fully saturated rings. The maximum atomic E-state index is 10.3. The van der Waals surface area contributed by atoms with Gasteiger partial charge in [-0.05, 0) is 110 Å². The van der Waals surface area contributed by atoms with Gasteiger partial charge in [0.25, 0.3) is 0 Å². The van der Waals surface area contributed by atoms with Gasteiger partial charge < -0.3 is 5.11 Å². The van der Waals surface area contributed by atoms with Crippen molar-refractivity contribution in [3.05, 3.63) is 0 Å². The van der Waals surface area contributed by atoms with Crippen molar-refractivity contribution in [2.45, 2.75) is 118 Å². The molecule has 0 heterocycles. The largest absolute Gasteiger partial charge is 0.393 e. The smallest absolute Gasteiger partial charge is 0.0543 e. The Morgan fingerprint density at radius 3 is 2.29 bits per heavy atom. The SMILES string of the molecule is CC(C)CCC[C@H](C)[C@H]1CC[C@@H]2[C@@H]3CC[C@H]4C[C@@H](O)CC[C@]4(C)[C@@H]3CC[C@@]21C. The minimum absolute atomic E-state index is 0.00830. The first kappa shape index (κ1) is 21.2. The Morgan fingerprint density at radius 1 is 0.821 bits per heavy atom. The lowest BCUT2D eigenvalue weighted by molar-refractivity contribution is -0.129. The van der Waals surface area contributed by atoms with Crippen molar-refractivity contribution in [3.8, 4) is 0 Å². The van der Waals surface area contributed by atoms with Crippen molar-refractivity contribution in [3.63, 3.8) is 0 Å². The number of hydrogen-bond acceptors (Lipinski definition) is 1. The predicted molar refractivity (Wildman–Crippen MR) is 119 cm³/mol. The van der Waals surface area contributed by atoms with Gasteiger partial charge in [-0.2, -0.15) is 0 Å². The third kappa shape index (κ3) is 3.50. The molecule has 1 nitrogen and oxygen atoms in total. The number of aliphatic hydroxyl groups is 1. The molecule has 4 aliphatic carbocycles. The third-order valence-electron chi connectivity index (χ3n) is 10.8. The Kier molecular flexibility index (Phi) is 5.98. The fourth-order valence-corrected chi connectivity index (χ4v) is 9.26. The number of hydrogen-bond donors (Lipinski definition) is 1. The van der Waals surface area contributed by atoms with E-state index in [9.17, 15) is 5.11 Å². The highest BCUT2D eigenvalue weighted by molar-refractivity contribution is 5.09. The van der Waals surface area contributed by atoms with Crippen LogP contribution in [0.3, 0.4) is 0 Å². The van der Waals surface area contributed by atoms with Crippen molar-refractivity contribution < 1.29 is 5.11 Å². The van der Waals surface area contributed by atoms with Crippen molar-refractivity contribution in [1.82, 2.24) is 0 Å². The summed E-state index contributed by atoms with van der Waals surface area (Å²) >= 11 is 0. The highest BCUT2D eigenvalue weighted by Crippen LogP contribution is 2.68.